The second-order valence-corrected chi connectivity index (χ2v) is 9.37. The molecule has 4 aromatic carbocycles. The number of ether oxygens (including phenoxy) is 1. The third kappa shape index (κ3) is 4.49. The number of fused-ring (bicyclic) bond motifs is 1. The highest BCUT2D eigenvalue weighted by Crippen LogP contribution is 2.43. The van der Waals surface area contributed by atoms with Gasteiger partial charge in [0.05, 0.1) is 11.9 Å². The summed E-state index contributed by atoms with van der Waals surface area (Å²) in [5, 5.41) is 11.7. The number of benzene rings is 4. The van der Waals surface area contributed by atoms with Crippen molar-refractivity contribution in [2.24, 2.45) is 0 Å². The molecule has 31 heavy (non-hydrogen) atoms. The van der Waals surface area contributed by atoms with Gasteiger partial charge in [-0.1, -0.05) is 36.4 Å². The van der Waals surface area contributed by atoms with Gasteiger partial charge in [-0.2, -0.15) is 0 Å². The molecule has 4 aromatic rings. The van der Waals surface area contributed by atoms with E-state index in [9.17, 15) is 13.5 Å². The molecule has 158 valence electrons. The molecule has 0 atom stereocenters. The van der Waals surface area contributed by atoms with Gasteiger partial charge in [0.2, 0.25) is 10.0 Å². The molecule has 0 heterocycles. The van der Waals surface area contributed by atoms with Gasteiger partial charge in [0.1, 0.15) is 17.2 Å². The van der Waals surface area contributed by atoms with Gasteiger partial charge in [0, 0.05) is 10.9 Å². The number of aryl methyl sites for hydroxylation is 2. The van der Waals surface area contributed by atoms with Crippen molar-refractivity contribution in [2.45, 2.75) is 13.8 Å². The Labute approximate surface area is 182 Å². The third-order valence-corrected chi connectivity index (χ3v) is 5.64. The molecule has 0 spiro atoms. The first-order valence-corrected chi connectivity index (χ1v) is 11.7. The molecule has 0 aliphatic rings. The normalized spacial score (nSPS) is 11.5. The highest BCUT2D eigenvalue weighted by atomic mass is 32.2. The fourth-order valence-electron chi connectivity index (χ4n) is 3.70. The molecule has 6 heteroatoms. The first-order chi connectivity index (χ1) is 14.7. The predicted octanol–water partition coefficient (Wildman–Crippen LogP) is 5.99. The molecule has 0 fully saturated rings. The molecule has 0 aromatic heterocycles. The van der Waals surface area contributed by atoms with E-state index in [2.05, 4.69) is 4.72 Å². The van der Waals surface area contributed by atoms with Crippen LogP contribution >= 0.6 is 0 Å². The molecule has 0 amide bonds. The summed E-state index contributed by atoms with van der Waals surface area (Å²) in [4.78, 5) is 0. The average molecular weight is 434 g/mol. The summed E-state index contributed by atoms with van der Waals surface area (Å²) >= 11 is 0. The molecule has 4 rings (SSSR count). The molecule has 2 N–H and O–H groups in total. The highest BCUT2D eigenvalue weighted by Gasteiger charge is 2.16. The van der Waals surface area contributed by atoms with Crippen LogP contribution in [0.4, 0.5) is 5.69 Å². The lowest BCUT2D eigenvalue weighted by atomic mass is 9.94. The van der Waals surface area contributed by atoms with E-state index in [1.54, 1.807) is 30.3 Å². The maximum atomic E-state index is 11.6. The van der Waals surface area contributed by atoms with E-state index < -0.39 is 10.0 Å². The number of aromatic hydroxyl groups is 1. The van der Waals surface area contributed by atoms with E-state index in [1.165, 1.54) is 0 Å². The molecule has 0 aliphatic heterocycles. The van der Waals surface area contributed by atoms with Crippen LogP contribution in [0.5, 0.6) is 17.2 Å². The number of phenolic OH excluding ortho intramolecular Hbond substituents is 1. The van der Waals surface area contributed by atoms with Crippen molar-refractivity contribution in [1.82, 2.24) is 0 Å². The molecular formula is C25H23NO4S. The van der Waals surface area contributed by atoms with Gasteiger partial charge in [0.25, 0.3) is 0 Å². The number of anilines is 1. The lowest BCUT2D eigenvalue weighted by molar-refractivity contribution is 0.475. The number of phenols is 1. The Balaban J connectivity index is 1.87. The van der Waals surface area contributed by atoms with Crippen molar-refractivity contribution >= 4 is 26.5 Å². The summed E-state index contributed by atoms with van der Waals surface area (Å²) in [5.74, 6) is 1.47. The number of hydrogen-bond donors (Lipinski definition) is 2. The largest absolute Gasteiger partial charge is 0.508 e. The van der Waals surface area contributed by atoms with Crippen molar-refractivity contribution in [3.8, 4) is 28.4 Å². The molecule has 0 bridgehead atoms. The SMILES string of the molecule is Cc1cc(Oc2c(-c3ccccc3)c(C)cc3cc(O)ccc23)ccc1NS(C)(=O)=O. The van der Waals surface area contributed by atoms with Crippen LogP contribution in [0.25, 0.3) is 21.9 Å². The maximum Gasteiger partial charge on any atom is 0.229 e. The molecular weight excluding hydrogens is 410 g/mol. The second kappa shape index (κ2) is 7.96. The predicted molar refractivity (Wildman–Crippen MR) is 126 cm³/mol. The van der Waals surface area contributed by atoms with Crippen molar-refractivity contribution in [2.75, 3.05) is 11.0 Å². The lowest BCUT2D eigenvalue weighted by Crippen LogP contribution is -2.10. The standard InChI is InChI=1S/C25H23NO4S/c1-16-14-21(10-12-23(16)26-31(3,28)29)30-25-22-11-9-20(27)15-19(22)13-17(2)24(25)18-7-5-4-6-8-18/h4-15,26-27H,1-3H3. The second-order valence-electron chi connectivity index (χ2n) is 7.62. The molecule has 0 radical (unpaired) electrons. The number of nitrogens with one attached hydrogen (secondary N) is 1. The summed E-state index contributed by atoms with van der Waals surface area (Å²) in [6.07, 6.45) is 1.12. The van der Waals surface area contributed by atoms with Crippen molar-refractivity contribution in [1.29, 1.82) is 0 Å². The van der Waals surface area contributed by atoms with E-state index in [-0.39, 0.29) is 5.75 Å². The Morgan fingerprint density at radius 3 is 2.29 bits per heavy atom. The maximum absolute atomic E-state index is 11.6. The van der Waals surface area contributed by atoms with Gasteiger partial charge in [0.15, 0.2) is 0 Å². The van der Waals surface area contributed by atoms with Crippen LogP contribution in [-0.4, -0.2) is 19.8 Å². The first-order valence-electron chi connectivity index (χ1n) is 9.79. The number of sulfonamides is 1. The van der Waals surface area contributed by atoms with E-state index in [0.29, 0.717) is 17.2 Å². The van der Waals surface area contributed by atoms with E-state index in [4.69, 9.17) is 4.74 Å². The van der Waals surface area contributed by atoms with Crippen molar-refractivity contribution in [3.05, 3.63) is 83.9 Å². The Morgan fingerprint density at radius 1 is 0.871 bits per heavy atom. The van der Waals surface area contributed by atoms with Crippen LogP contribution in [0.1, 0.15) is 11.1 Å². The minimum absolute atomic E-state index is 0.192. The van der Waals surface area contributed by atoms with Crippen LogP contribution in [-0.2, 0) is 10.0 Å². The zero-order valence-corrected chi connectivity index (χ0v) is 18.3. The minimum Gasteiger partial charge on any atom is -0.508 e. The van der Waals surface area contributed by atoms with E-state index in [1.807, 2.05) is 56.3 Å². The minimum atomic E-state index is -3.37. The van der Waals surface area contributed by atoms with Gasteiger partial charge in [-0.25, -0.2) is 8.42 Å². The molecule has 0 aliphatic carbocycles. The van der Waals surface area contributed by atoms with E-state index in [0.717, 1.165) is 39.3 Å². The van der Waals surface area contributed by atoms with Crippen molar-refractivity contribution in [3.63, 3.8) is 0 Å². The van der Waals surface area contributed by atoms with Gasteiger partial charge in [-0.05, 0) is 72.3 Å². The topological polar surface area (TPSA) is 75.6 Å². The van der Waals surface area contributed by atoms with Gasteiger partial charge >= 0.3 is 0 Å². The lowest BCUT2D eigenvalue weighted by Gasteiger charge is -2.18. The highest BCUT2D eigenvalue weighted by molar-refractivity contribution is 7.92. The third-order valence-electron chi connectivity index (χ3n) is 5.05. The average Bonchev–Trinajstić information content (AvgIpc) is 2.69. The smallest absolute Gasteiger partial charge is 0.229 e. The zero-order chi connectivity index (χ0) is 22.2. The van der Waals surface area contributed by atoms with Gasteiger partial charge < -0.3 is 9.84 Å². The van der Waals surface area contributed by atoms with Crippen LogP contribution in [0.2, 0.25) is 0 Å². The summed E-state index contributed by atoms with van der Waals surface area (Å²) in [6, 6.07) is 22.5. The summed E-state index contributed by atoms with van der Waals surface area (Å²) in [7, 11) is -3.37. The Morgan fingerprint density at radius 2 is 1.61 bits per heavy atom. The summed E-state index contributed by atoms with van der Waals surface area (Å²) < 4.78 is 32.1. The summed E-state index contributed by atoms with van der Waals surface area (Å²) in [5.41, 5.74) is 4.27. The van der Waals surface area contributed by atoms with Crippen LogP contribution in [0.15, 0.2) is 72.8 Å². The molecule has 0 saturated heterocycles. The molecule has 0 unspecified atom stereocenters. The number of rotatable bonds is 5. The van der Waals surface area contributed by atoms with E-state index >= 15 is 0 Å². The Kier molecular flexibility index (Phi) is 5.33. The monoisotopic (exact) mass is 433 g/mol. The number of hydrogen-bond acceptors (Lipinski definition) is 4. The fourth-order valence-corrected chi connectivity index (χ4v) is 4.33. The first kappa shape index (κ1) is 20.8. The van der Waals surface area contributed by atoms with Crippen molar-refractivity contribution < 1.29 is 18.3 Å². The van der Waals surface area contributed by atoms with Crippen LogP contribution < -0.4 is 9.46 Å². The quantitative estimate of drug-likeness (QED) is 0.405. The van der Waals surface area contributed by atoms with Crippen LogP contribution in [0.3, 0.4) is 0 Å². The van der Waals surface area contributed by atoms with Crippen LogP contribution in [0, 0.1) is 13.8 Å². The molecule has 5 nitrogen and oxygen atoms in total. The van der Waals surface area contributed by atoms with Gasteiger partial charge in [-0.15, -0.1) is 0 Å². The Hall–Kier alpha value is -3.51. The fraction of sp³-hybridized carbons (Fsp3) is 0.120. The summed E-state index contributed by atoms with van der Waals surface area (Å²) in [6.45, 7) is 3.84. The molecule has 0 saturated carbocycles. The van der Waals surface area contributed by atoms with Gasteiger partial charge in [-0.3, -0.25) is 4.72 Å². The Bertz CT molecular complexity index is 1380. The zero-order valence-electron chi connectivity index (χ0n) is 17.5.